The minimum Gasteiger partial charge on any atom is -0.256 e. The Hall–Kier alpha value is -1.34. The lowest BCUT2D eigenvalue weighted by Crippen LogP contribution is -1.92. The van der Waals surface area contributed by atoms with E-state index in [-0.39, 0.29) is 0 Å². The molecule has 1 heterocycles. The second kappa shape index (κ2) is 11.2. The van der Waals surface area contributed by atoms with Crippen molar-refractivity contribution < 1.29 is 0 Å². The standard InChI is InChI=1S/C21H28ClN/c22-17-11-6-4-2-1-3-5-7-13-19-14-8-9-15-20(19)21-16-10-12-18-23-21/h8-10,12,14-16,18H,1-7,11,13,17H2. The van der Waals surface area contributed by atoms with Gasteiger partial charge in [0.15, 0.2) is 0 Å². The van der Waals surface area contributed by atoms with E-state index in [9.17, 15) is 0 Å². The van der Waals surface area contributed by atoms with Gasteiger partial charge in [-0.05, 0) is 37.0 Å². The van der Waals surface area contributed by atoms with E-state index in [1.165, 1.54) is 62.5 Å². The van der Waals surface area contributed by atoms with Crippen molar-refractivity contribution in [3.63, 3.8) is 0 Å². The van der Waals surface area contributed by atoms with Gasteiger partial charge < -0.3 is 0 Å². The average molecular weight is 330 g/mol. The fourth-order valence-electron chi connectivity index (χ4n) is 2.98. The highest BCUT2D eigenvalue weighted by Gasteiger charge is 2.04. The maximum Gasteiger partial charge on any atom is 0.0704 e. The Morgan fingerprint density at radius 2 is 1.35 bits per heavy atom. The monoisotopic (exact) mass is 329 g/mol. The summed E-state index contributed by atoms with van der Waals surface area (Å²) in [5.74, 6) is 0.815. The summed E-state index contributed by atoms with van der Waals surface area (Å²) in [5.41, 5.74) is 3.80. The van der Waals surface area contributed by atoms with Gasteiger partial charge in [-0.15, -0.1) is 11.6 Å². The summed E-state index contributed by atoms with van der Waals surface area (Å²) in [6.07, 6.45) is 13.5. The molecule has 0 saturated heterocycles. The normalized spacial score (nSPS) is 10.8. The first-order valence-electron chi connectivity index (χ1n) is 8.97. The average Bonchev–Trinajstić information content (AvgIpc) is 2.61. The van der Waals surface area contributed by atoms with Crippen molar-refractivity contribution in [2.24, 2.45) is 0 Å². The number of aromatic nitrogens is 1. The third kappa shape index (κ3) is 6.74. The van der Waals surface area contributed by atoms with E-state index in [1.54, 1.807) is 0 Å². The first-order valence-corrected chi connectivity index (χ1v) is 9.50. The zero-order chi connectivity index (χ0) is 16.2. The smallest absolute Gasteiger partial charge is 0.0704 e. The molecule has 0 saturated carbocycles. The summed E-state index contributed by atoms with van der Waals surface area (Å²) in [6.45, 7) is 0. The highest BCUT2D eigenvalue weighted by Crippen LogP contribution is 2.23. The van der Waals surface area contributed by atoms with Gasteiger partial charge in [0, 0.05) is 17.6 Å². The van der Waals surface area contributed by atoms with Crippen LogP contribution in [0.2, 0.25) is 0 Å². The molecule has 0 radical (unpaired) electrons. The predicted octanol–water partition coefficient (Wildman–Crippen LogP) is 6.65. The molecule has 0 bridgehead atoms. The first-order chi connectivity index (χ1) is 11.4. The van der Waals surface area contributed by atoms with Crippen LogP contribution in [-0.2, 0) is 6.42 Å². The molecule has 0 aliphatic carbocycles. The lowest BCUT2D eigenvalue weighted by molar-refractivity contribution is 0.576. The molecule has 0 aliphatic rings. The van der Waals surface area contributed by atoms with E-state index >= 15 is 0 Å². The minimum atomic E-state index is 0.815. The Morgan fingerprint density at radius 1 is 0.696 bits per heavy atom. The van der Waals surface area contributed by atoms with Gasteiger partial charge in [-0.3, -0.25) is 4.98 Å². The number of aryl methyl sites for hydroxylation is 1. The Morgan fingerprint density at radius 3 is 2.04 bits per heavy atom. The summed E-state index contributed by atoms with van der Waals surface area (Å²) in [5, 5.41) is 0. The molecule has 0 unspecified atom stereocenters. The van der Waals surface area contributed by atoms with Crippen molar-refractivity contribution in [1.29, 1.82) is 0 Å². The van der Waals surface area contributed by atoms with Crippen LogP contribution >= 0.6 is 11.6 Å². The minimum absolute atomic E-state index is 0.815. The summed E-state index contributed by atoms with van der Waals surface area (Å²) in [6, 6.07) is 14.8. The van der Waals surface area contributed by atoms with E-state index in [0.29, 0.717) is 0 Å². The van der Waals surface area contributed by atoms with Crippen molar-refractivity contribution in [3.8, 4) is 11.3 Å². The largest absolute Gasteiger partial charge is 0.256 e. The Bertz CT molecular complexity index is 539. The van der Waals surface area contributed by atoms with E-state index in [2.05, 4.69) is 41.4 Å². The first kappa shape index (κ1) is 18.0. The Labute approximate surface area is 146 Å². The number of hydrogen-bond acceptors (Lipinski definition) is 1. The topological polar surface area (TPSA) is 12.9 Å². The number of alkyl halides is 1. The zero-order valence-corrected chi connectivity index (χ0v) is 14.8. The fraction of sp³-hybridized carbons (Fsp3) is 0.476. The molecule has 0 N–H and O–H groups in total. The van der Waals surface area contributed by atoms with Crippen molar-refractivity contribution in [3.05, 3.63) is 54.2 Å². The van der Waals surface area contributed by atoms with E-state index in [4.69, 9.17) is 11.6 Å². The Kier molecular flexibility index (Phi) is 8.80. The molecule has 23 heavy (non-hydrogen) atoms. The van der Waals surface area contributed by atoms with E-state index in [1.807, 2.05) is 12.3 Å². The molecule has 1 nitrogen and oxygen atoms in total. The lowest BCUT2D eigenvalue weighted by atomic mass is 9.98. The second-order valence-corrected chi connectivity index (χ2v) is 6.52. The maximum atomic E-state index is 5.69. The predicted molar refractivity (Wildman–Crippen MR) is 101 cm³/mol. The van der Waals surface area contributed by atoms with Crippen LogP contribution in [0.4, 0.5) is 0 Å². The van der Waals surface area contributed by atoms with Crippen LogP contribution in [0.1, 0.15) is 56.9 Å². The third-order valence-electron chi connectivity index (χ3n) is 4.29. The number of unbranched alkanes of at least 4 members (excludes halogenated alkanes) is 7. The van der Waals surface area contributed by atoms with Gasteiger partial charge in [0.25, 0.3) is 0 Å². The second-order valence-electron chi connectivity index (χ2n) is 6.14. The number of pyridine rings is 1. The van der Waals surface area contributed by atoms with Crippen molar-refractivity contribution in [2.45, 2.75) is 57.8 Å². The van der Waals surface area contributed by atoms with Gasteiger partial charge >= 0.3 is 0 Å². The fourth-order valence-corrected chi connectivity index (χ4v) is 3.17. The molecule has 0 fully saturated rings. The molecule has 0 aliphatic heterocycles. The summed E-state index contributed by atoms with van der Waals surface area (Å²) >= 11 is 5.69. The summed E-state index contributed by atoms with van der Waals surface area (Å²) < 4.78 is 0. The molecule has 0 spiro atoms. The number of nitrogens with zero attached hydrogens (tertiary/aromatic N) is 1. The molecule has 124 valence electrons. The zero-order valence-electron chi connectivity index (χ0n) is 14.0. The van der Waals surface area contributed by atoms with Crippen LogP contribution in [0.3, 0.4) is 0 Å². The molecule has 2 rings (SSSR count). The quantitative estimate of drug-likeness (QED) is 0.332. The molecule has 0 atom stereocenters. The summed E-state index contributed by atoms with van der Waals surface area (Å²) in [7, 11) is 0. The van der Waals surface area contributed by atoms with E-state index < -0.39 is 0 Å². The van der Waals surface area contributed by atoms with Crippen LogP contribution in [-0.4, -0.2) is 10.9 Å². The van der Waals surface area contributed by atoms with Crippen molar-refractivity contribution >= 4 is 11.6 Å². The molecular formula is C21H28ClN. The van der Waals surface area contributed by atoms with Crippen LogP contribution in [0.15, 0.2) is 48.7 Å². The SMILES string of the molecule is ClCCCCCCCCCCc1ccccc1-c1ccccn1. The molecule has 2 heteroatoms. The van der Waals surface area contributed by atoms with Crippen LogP contribution < -0.4 is 0 Å². The highest BCUT2D eigenvalue weighted by molar-refractivity contribution is 6.17. The molecule has 2 aromatic rings. The van der Waals surface area contributed by atoms with Crippen molar-refractivity contribution in [1.82, 2.24) is 4.98 Å². The van der Waals surface area contributed by atoms with Crippen LogP contribution in [0, 0.1) is 0 Å². The molecule has 1 aromatic heterocycles. The van der Waals surface area contributed by atoms with Crippen LogP contribution in [0.25, 0.3) is 11.3 Å². The Balaban J connectivity index is 1.70. The van der Waals surface area contributed by atoms with Crippen LogP contribution in [0.5, 0.6) is 0 Å². The van der Waals surface area contributed by atoms with E-state index in [0.717, 1.165) is 18.0 Å². The molecular weight excluding hydrogens is 302 g/mol. The van der Waals surface area contributed by atoms with Gasteiger partial charge in [-0.25, -0.2) is 0 Å². The number of rotatable bonds is 11. The van der Waals surface area contributed by atoms with Gasteiger partial charge in [-0.2, -0.15) is 0 Å². The third-order valence-corrected chi connectivity index (χ3v) is 4.56. The number of halogens is 1. The number of benzene rings is 1. The highest BCUT2D eigenvalue weighted by atomic mass is 35.5. The summed E-state index contributed by atoms with van der Waals surface area (Å²) in [4.78, 5) is 4.49. The van der Waals surface area contributed by atoms with Crippen molar-refractivity contribution in [2.75, 3.05) is 5.88 Å². The molecule has 0 amide bonds. The maximum absolute atomic E-state index is 5.69. The number of hydrogen-bond donors (Lipinski definition) is 0. The van der Waals surface area contributed by atoms with Gasteiger partial charge in [0.1, 0.15) is 0 Å². The van der Waals surface area contributed by atoms with Gasteiger partial charge in [0.2, 0.25) is 0 Å². The molecule has 1 aromatic carbocycles. The lowest BCUT2D eigenvalue weighted by Gasteiger charge is -2.09. The van der Waals surface area contributed by atoms with Gasteiger partial charge in [0.05, 0.1) is 5.69 Å². The van der Waals surface area contributed by atoms with Gasteiger partial charge in [-0.1, -0.05) is 68.9 Å².